The van der Waals surface area contributed by atoms with Crippen LogP contribution in [0.15, 0.2) is 36.5 Å². The minimum atomic E-state index is -1.06. The van der Waals surface area contributed by atoms with Crippen molar-refractivity contribution >= 4 is 11.9 Å². The van der Waals surface area contributed by atoms with Gasteiger partial charge in [0.2, 0.25) is 5.91 Å². The zero-order valence-electron chi connectivity index (χ0n) is 12.6. The predicted octanol–water partition coefficient (Wildman–Crippen LogP) is 2.23. The summed E-state index contributed by atoms with van der Waals surface area (Å²) in [5.41, 5.74) is 1.68. The number of aromatic carboxylic acids is 1. The highest BCUT2D eigenvalue weighted by Crippen LogP contribution is 2.11. The molecule has 0 aliphatic carbocycles. The monoisotopic (exact) mass is 301 g/mol. The lowest BCUT2D eigenvalue weighted by molar-refractivity contribution is -0.124. The van der Waals surface area contributed by atoms with Crippen LogP contribution in [0.4, 0.5) is 0 Å². The van der Waals surface area contributed by atoms with Crippen molar-refractivity contribution in [2.75, 3.05) is 0 Å². The van der Waals surface area contributed by atoms with Gasteiger partial charge in [-0.05, 0) is 30.2 Å². The van der Waals surface area contributed by atoms with Gasteiger partial charge in [-0.2, -0.15) is 5.10 Å². The van der Waals surface area contributed by atoms with E-state index in [4.69, 9.17) is 5.11 Å². The lowest BCUT2D eigenvalue weighted by Crippen LogP contribution is -2.28. The highest BCUT2D eigenvalue weighted by molar-refractivity contribution is 5.85. The molecule has 0 aliphatic rings. The molecule has 22 heavy (non-hydrogen) atoms. The number of hydrogen-bond acceptors (Lipinski definition) is 3. The summed E-state index contributed by atoms with van der Waals surface area (Å²) in [6, 6.07) is 8.90. The van der Waals surface area contributed by atoms with Gasteiger partial charge >= 0.3 is 5.97 Å². The number of hydrogen-bond donors (Lipinski definition) is 2. The Bertz CT molecular complexity index is 679. The van der Waals surface area contributed by atoms with Crippen molar-refractivity contribution in [3.63, 3.8) is 0 Å². The van der Waals surface area contributed by atoms with E-state index in [1.165, 1.54) is 10.7 Å². The molecule has 1 atom stereocenters. The van der Waals surface area contributed by atoms with Crippen LogP contribution in [-0.2, 0) is 11.3 Å². The molecule has 0 saturated carbocycles. The Balaban J connectivity index is 2.09. The molecule has 2 rings (SSSR count). The van der Waals surface area contributed by atoms with Gasteiger partial charge in [-0.1, -0.05) is 26.0 Å². The third kappa shape index (κ3) is 3.72. The number of carbonyl (C=O) groups is 2. The molecule has 1 heterocycles. The summed E-state index contributed by atoms with van der Waals surface area (Å²) >= 11 is 0. The second-order valence-corrected chi connectivity index (χ2v) is 5.15. The van der Waals surface area contributed by atoms with E-state index in [2.05, 4.69) is 10.4 Å². The number of nitrogens with zero attached hydrogens (tertiary/aromatic N) is 2. The first-order valence-corrected chi connectivity index (χ1v) is 7.17. The van der Waals surface area contributed by atoms with Crippen molar-refractivity contribution in [1.82, 2.24) is 15.1 Å². The first-order chi connectivity index (χ1) is 10.5. The summed E-state index contributed by atoms with van der Waals surface area (Å²) in [7, 11) is 0. The van der Waals surface area contributed by atoms with Crippen LogP contribution in [0, 0.1) is 5.92 Å². The maximum atomic E-state index is 11.8. The van der Waals surface area contributed by atoms with Gasteiger partial charge in [0.1, 0.15) is 0 Å². The molecular weight excluding hydrogens is 282 g/mol. The fourth-order valence-electron chi connectivity index (χ4n) is 1.94. The Morgan fingerprint density at radius 2 is 2.14 bits per heavy atom. The number of carboxylic acid groups (broad SMARTS) is 1. The van der Waals surface area contributed by atoms with Gasteiger partial charge in [-0.3, -0.25) is 4.79 Å². The van der Waals surface area contributed by atoms with Crippen LogP contribution in [0.2, 0.25) is 0 Å². The topological polar surface area (TPSA) is 84.2 Å². The van der Waals surface area contributed by atoms with E-state index in [9.17, 15) is 9.59 Å². The van der Waals surface area contributed by atoms with Crippen molar-refractivity contribution in [2.24, 2.45) is 5.92 Å². The molecule has 0 radical (unpaired) electrons. The standard InChI is InChI=1S/C16H19N3O3/c1-3-11(2)15(20)17-10-12-5-4-6-13(9-12)19-8-7-14(18-19)16(21)22/h4-9,11H,3,10H2,1-2H3,(H,17,20)(H,21,22). The Labute approximate surface area is 128 Å². The molecule has 6 nitrogen and oxygen atoms in total. The lowest BCUT2D eigenvalue weighted by Gasteiger charge is -2.10. The summed E-state index contributed by atoms with van der Waals surface area (Å²) in [5, 5.41) is 15.8. The Kier molecular flexibility index (Phi) is 4.93. The predicted molar refractivity (Wildman–Crippen MR) is 81.8 cm³/mol. The fourth-order valence-corrected chi connectivity index (χ4v) is 1.94. The molecule has 1 amide bonds. The van der Waals surface area contributed by atoms with E-state index in [1.54, 1.807) is 6.20 Å². The summed E-state index contributed by atoms with van der Waals surface area (Å²) < 4.78 is 1.50. The maximum Gasteiger partial charge on any atom is 0.356 e. The normalized spacial score (nSPS) is 11.9. The van der Waals surface area contributed by atoms with Gasteiger partial charge < -0.3 is 10.4 Å². The number of rotatable bonds is 6. The van der Waals surface area contributed by atoms with Gasteiger partial charge in [-0.25, -0.2) is 9.48 Å². The molecular formula is C16H19N3O3. The Morgan fingerprint density at radius 3 is 2.77 bits per heavy atom. The molecule has 1 unspecified atom stereocenters. The van der Waals surface area contributed by atoms with Gasteiger partial charge in [0.15, 0.2) is 5.69 Å². The van der Waals surface area contributed by atoms with Gasteiger partial charge in [0.05, 0.1) is 5.69 Å². The van der Waals surface area contributed by atoms with Gasteiger partial charge in [0, 0.05) is 18.7 Å². The third-order valence-electron chi connectivity index (χ3n) is 3.51. The average Bonchev–Trinajstić information content (AvgIpc) is 3.02. The molecule has 1 aromatic carbocycles. The molecule has 0 spiro atoms. The first-order valence-electron chi connectivity index (χ1n) is 7.17. The number of carbonyl (C=O) groups excluding carboxylic acids is 1. The number of benzene rings is 1. The van der Waals surface area contributed by atoms with Crippen LogP contribution < -0.4 is 5.32 Å². The molecule has 116 valence electrons. The number of amides is 1. The summed E-state index contributed by atoms with van der Waals surface area (Å²) in [5.74, 6) is -1.04. The average molecular weight is 301 g/mol. The second kappa shape index (κ2) is 6.89. The van der Waals surface area contributed by atoms with Crippen LogP contribution in [0.3, 0.4) is 0 Å². The maximum absolute atomic E-state index is 11.8. The van der Waals surface area contributed by atoms with Crippen molar-refractivity contribution in [1.29, 1.82) is 0 Å². The molecule has 0 aliphatic heterocycles. The number of aromatic nitrogens is 2. The molecule has 1 aromatic heterocycles. The van der Waals surface area contributed by atoms with Crippen LogP contribution in [-0.4, -0.2) is 26.8 Å². The van der Waals surface area contributed by atoms with E-state index >= 15 is 0 Å². The third-order valence-corrected chi connectivity index (χ3v) is 3.51. The van der Waals surface area contributed by atoms with Crippen LogP contribution >= 0.6 is 0 Å². The van der Waals surface area contributed by atoms with Crippen LogP contribution in [0.1, 0.15) is 36.3 Å². The first kappa shape index (κ1) is 15.8. The number of carboxylic acids is 1. The lowest BCUT2D eigenvalue weighted by atomic mass is 10.1. The highest BCUT2D eigenvalue weighted by atomic mass is 16.4. The van der Waals surface area contributed by atoms with Crippen molar-refractivity contribution in [2.45, 2.75) is 26.8 Å². The van der Waals surface area contributed by atoms with E-state index in [-0.39, 0.29) is 17.5 Å². The largest absolute Gasteiger partial charge is 0.476 e. The van der Waals surface area contributed by atoms with E-state index in [0.29, 0.717) is 6.54 Å². The SMILES string of the molecule is CCC(C)C(=O)NCc1cccc(-n2ccc(C(=O)O)n2)c1. The summed E-state index contributed by atoms with van der Waals surface area (Å²) in [4.78, 5) is 22.6. The van der Waals surface area contributed by atoms with E-state index < -0.39 is 5.97 Å². The van der Waals surface area contributed by atoms with Crippen LogP contribution in [0.25, 0.3) is 5.69 Å². The molecule has 2 aromatic rings. The van der Waals surface area contributed by atoms with E-state index in [1.807, 2.05) is 38.1 Å². The zero-order valence-corrected chi connectivity index (χ0v) is 12.6. The number of nitrogens with one attached hydrogen (secondary N) is 1. The molecule has 0 bridgehead atoms. The second-order valence-electron chi connectivity index (χ2n) is 5.15. The van der Waals surface area contributed by atoms with Crippen LogP contribution in [0.5, 0.6) is 0 Å². The molecule has 0 fully saturated rings. The smallest absolute Gasteiger partial charge is 0.356 e. The zero-order chi connectivity index (χ0) is 16.1. The molecule has 6 heteroatoms. The van der Waals surface area contributed by atoms with E-state index in [0.717, 1.165) is 17.7 Å². The minimum Gasteiger partial charge on any atom is -0.476 e. The van der Waals surface area contributed by atoms with Gasteiger partial charge in [0.25, 0.3) is 0 Å². The summed E-state index contributed by atoms with van der Waals surface area (Å²) in [6.07, 6.45) is 2.40. The Morgan fingerprint density at radius 1 is 1.36 bits per heavy atom. The molecule has 2 N–H and O–H groups in total. The quantitative estimate of drug-likeness (QED) is 0.857. The highest BCUT2D eigenvalue weighted by Gasteiger charge is 2.10. The minimum absolute atomic E-state index is 0.00419. The van der Waals surface area contributed by atoms with Crippen molar-refractivity contribution in [3.8, 4) is 5.69 Å². The van der Waals surface area contributed by atoms with Crippen molar-refractivity contribution < 1.29 is 14.7 Å². The molecule has 0 saturated heterocycles. The fraction of sp³-hybridized carbons (Fsp3) is 0.312. The van der Waals surface area contributed by atoms with Gasteiger partial charge in [-0.15, -0.1) is 0 Å². The van der Waals surface area contributed by atoms with Crippen molar-refractivity contribution in [3.05, 3.63) is 47.8 Å². The Hall–Kier alpha value is -2.63. The summed E-state index contributed by atoms with van der Waals surface area (Å²) in [6.45, 7) is 4.30.